The Balaban J connectivity index is 2.96. The summed E-state index contributed by atoms with van der Waals surface area (Å²) in [6, 6.07) is 0. The van der Waals surface area contributed by atoms with Gasteiger partial charge in [-0.25, -0.2) is 4.98 Å². The molecule has 0 fully saturated rings. The number of hydrogen-bond donors (Lipinski definition) is 2. The van der Waals surface area contributed by atoms with Crippen molar-refractivity contribution in [3.63, 3.8) is 0 Å². The van der Waals surface area contributed by atoms with E-state index in [2.05, 4.69) is 10.3 Å². The minimum Gasteiger partial charge on any atom is -0.481 e. The van der Waals surface area contributed by atoms with Gasteiger partial charge in [0.25, 0.3) is 0 Å². The van der Waals surface area contributed by atoms with Crippen LogP contribution < -0.4 is 5.32 Å². The largest absolute Gasteiger partial charge is 0.481 e. The average Bonchev–Trinajstić information content (AvgIpc) is 2.76. The van der Waals surface area contributed by atoms with Crippen LogP contribution in [0.15, 0.2) is 11.4 Å². The standard InChI is InChI=1S/C14H23N3O3S/c1-5-6-15-11(18)8-17-10(14(2,3)4)7-16-13(17)21-9-12(19)20/h7H,5-6,8-9H2,1-4H3,(H,15,18)(H,19,20). The summed E-state index contributed by atoms with van der Waals surface area (Å²) in [6.07, 6.45) is 2.60. The highest BCUT2D eigenvalue weighted by Crippen LogP contribution is 2.27. The van der Waals surface area contributed by atoms with Gasteiger partial charge in [0, 0.05) is 23.9 Å². The summed E-state index contributed by atoms with van der Waals surface area (Å²) in [7, 11) is 0. The number of amides is 1. The second-order valence-electron chi connectivity index (χ2n) is 5.79. The molecule has 0 aromatic carbocycles. The molecular formula is C14H23N3O3S. The lowest BCUT2D eigenvalue weighted by Crippen LogP contribution is -2.30. The number of carboxylic acids is 1. The lowest BCUT2D eigenvalue weighted by molar-refractivity contribution is -0.133. The smallest absolute Gasteiger partial charge is 0.313 e. The van der Waals surface area contributed by atoms with Gasteiger partial charge in [0.05, 0.1) is 5.75 Å². The number of imidazole rings is 1. The number of carbonyl (C=O) groups is 2. The number of nitrogens with zero attached hydrogens (tertiary/aromatic N) is 2. The number of hydrogen-bond acceptors (Lipinski definition) is 4. The maximum atomic E-state index is 12.0. The zero-order chi connectivity index (χ0) is 16.0. The van der Waals surface area contributed by atoms with Crippen molar-refractivity contribution in [2.45, 2.75) is 51.2 Å². The molecule has 0 aliphatic carbocycles. The summed E-state index contributed by atoms with van der Waals surface area (Å²) in [5, 5.41) is 12.2. The first-order valence-electron chi connectivity index (χ1n) is 6.93. The monoisotopic (exact) mass is 313 g/mol. The van der Waals surface area contributed by atoms with Crippen LogP contribution in [0.25, 0.3) is 0 Å². The fourth-order valence-corrected chi connectivity index (χ4v) is 2.51. The van der Waals surface area contributed by atoms with Crippen LogP contribution >= 0.6 is 11.8 Å². The maximum Gasteiger partial charge on any atom is 0.313 e. The number of carbonyl (C=O) groups excluding carboxylic acids is 1. The third-order valence-corrected chi connectivity index (χ3v) is 3.76. The van der Waals surface area contributed by atoms with E-state index in [1.807, 2.05) is 27.7 Å². The Bertz CT molecular complexity index is 506. The van der Waals surface area contributed by atoms with E-state index < -0.39 is 5.97 Å². The number of carboxylic acid groups (broad SMARTS) is 1. The molecule has 0 saturated heterocycles. The van der Waals surface area contributed by atoms with Crippen molar-refractivity contribution in [1.29, 1.82) is 0 Å². The third kappa shape index (κ3) is 5.41. The van der Waals surface area contributed by atoms with Crippen LogP contribution in [0.5, 0.6) is 0 Å². The van der Waals surface area contributed by atoms with Crippen LogP contribution in [0.1, 0.15) is 39.8 Å². The van der Waals surface area contributed by atoms with E-state index in [1.54, 1.807) is 10.8 Å². The molecule has 1 aromatic heterocycles. The first-order chi connectivity index (χ1) is 9.75. The van der Waals surface area contributed by atoms with Gasteiger partial charge in [-0.1, -0.05) is 39.5 Å². The molecule has 1 aromatic rings. The van der Waals surface area contributed by atoms with Crippen molar-refractivity contribution in [2.24, 2.45) is 0 Å². The Hall–Kier alpha value is -1.50. The first kappa shape index (κ1) is 17.6. The number of nitrogens with one attached hydrogen (secondary N) is 1. The van der Waals surface area contributed by atoms with Crippen LogP contribution in [-0.4, -0.2) is 38.8 Å². The van der Waals surface area contributed by atoms with Crippen molar-refractivity contribution in [1.82, 2.24) is 14.9 Å². The van der Waals surface area contributed by atoms with Crippen molar-refractivity contribution >= 4 is 23.6 Å². The van der Waals surface area contributed by atoms with Gasteiger partial charge in [-0.05, 0) is 6.42 Å². The van der Waals surface area contributed by atoms with E-state index in [-0.39, 0.29) is 23.6 Å². The Labute approximate surface area is 129 Å². The average molecular weight is 313 g/mol. The Kier molecular flexibility index (Phi) is 6.26. The van der Waals surface area contributed by atoms with Crippen molar-refractivity contribution in [3.05, 3.63) is 11.9 Å². The van der Waals surface area contributed by atoms with Crippen LogP contribution in [-0.2, 0) is 21.5 Å². The van der Waals surface area contributed by atoms with E-state index >= 15 is 0 Å². The van der Waals surface area contributed by atoms with Gasteiger partial charge in [-0.2, -0.15) is 0 Å². The minimum atomic E-state index is -0.901. The Morgan fingerprint density at radius 1 is 1.43 bits per heavy atom. The normalized spacial score (nSPS) is 11.4. The van der Waals surface area contributed by atoms with Crippen LogP contribution in [0.4, 0.5) is 0 Å². The lowest BCUT2D eigenvalue weighted by atomic mass is 9.92. The van der Waals surface area contributed by atoms with Crippen molar-refractivity contribution < 1.29 is 14.7 Å². The zero-order valence-corrected chi connectivity index (χ0v) is 13.8. The molecule has 1 amide bonds. The molecule has 6 nitrogen and oxygen atoms in total. The SMILES string of the molecule is CCCNC(=O)Cn1c(C(C)(C)C)cnc1SCC(=O)O. The molecule has 0 bridgehead atoms. The molecule has 118 valence electrons. The van der Waals surface area contributed by atoms with E-state index in [9.17, 15) is 9.59 Å². The molecule has 7 heteroatoms. The molecule has 0 saturated carbocycles. The molecule has 0 radical (unpaired) electrons. The van der Waals surface area contributed by atoms with Crippen LogP contribution in [0, 0.1) is 0 Å². The van der Waals surface area contributed by atoms with Gasteiger partial charge >= 0.3 is 5.97 Å². The van der Waals surface area contributed by atoms with Gasteiger partial charge in [0.1, 0.15) is 6.54 Å². The fraction of sp³-hybridized carbons (Fsp3) is 0.643. The lowest BCUT2D eigenvalue weighted by Gasteiger charge is -2.21. The van der Waals surface area contributed by atoms with Gasteiger partial charge in [-0.15, -0.1) is 0 Å². The van der Waals surface area contributed by atoms with E-state index in [0.29, 0.717) is 11.7 Å². The number of aliphatic carboxylic acids is 1. The molecule has 2 N–H and O–H groups in total. The highest BCUT2D eigenvalue weighted by atomic mass is 32.2. The minimum absolute atomic E-state index is 0.0722. The summed E-state index contributed by atoms with van der Waals surface area (Å²) in [4.78, 5) is 26.9. The maximum absolute atomic E-state index is 12.0. The molecular weight excluding hydrogens is 290 g/mol. The van der Waals surface area contributed by atoms with Gasteiger partial charge in [-0.3, -0.25) is 9.59 Å². The molecule has 1 rings (SSSR count). The van der Waals surface area contributed by atoms with E-state index in [4.69, 9.17) is 5.11 Å². The van der Waals surface area contributed by atoms with Gasteiger partial charge in [0.2, 0.25) is 5.91 Å². The molecule has 21 heavy (non-hydrogen) atoms. The molecule has 0 unspecified atom stereocenters. The van der Waals surface area contributed by atoms with Crippen molar-refractivity contribution in [3.8, 4) is 0 Å². The summed E-state index contributed by atoms with van der Waals surface area (Å²) in [5.74, 6) is -1.06. The topological polar surface area (TPSA) is 84.2 Å². The Morgan fingerprint density at radius 2 is 2.10 bits per heavy atom. The van der Waals surface area contributed by atoms with Crippen molar-refractivity contribution in [2.75, 3.05) is 12.3 Å². The predicted octanol–water partition coefficient (Wildman–Crippen LogP) is 1.88. The molecule has 0 aliphatic heterocycles. The molecule has 0 aliphatic rings. The van der Waals surface area contributed by atoms with Gasteiger partial charge in [0.15, 0.2) is 5.16 Å². The summed E-state index contributed by atoms with van der Waals surface area (Å²) in [6.45, 7) is 8.90. The quantitative estimate of drug-likeness (QED) is 0.751. The number of aromatic nitrogens is 2. The molecule has 0 spiro atoms. The zero-order valence-electron chi connectivity index (χ0n) is 13.0. The predicted molar refractivity (Wildman–Crippen MR) is 82.6 cm³/mol. The molecule has 1 heterocycles. The second kappa shape index (κ2) is 7.49. The summed E-state index contributed by atoms with van der Waals surface area (Å²) < 4.78 is 1.80. The molecule has 0 atom stereocenters. The van der Waals surface area contributed by atoms with Crippen LogP contribution in [0.2, 0.25) is 0 Å². The first-order valence-corrected chi connectivity index (χ1v) is 7.91. The van der Waals surface area contributed by atoms with Gasteiger partial charge < -0.3 is 15.0 Å². The Morgan fingerprint density at radius 3 is 2.62 bits per heavy atom. The number of rotatable bonds is 7. The highest BCUT2D eigenvalue weighted by Gasteiger charge is 2.23. The van der Waals surface area contributed by atoms with E-state index in [0.717, 1.165) is 23.9 Å². The van der Waals surface area contributed by atoms with Crippen LogP contribution in [0.3, 0.4) is 0 Å². The summed E-state index contributed by atoms with van der Waals surface area (Å²) >= 11 is 1.13. The third-order valence-electron chi connectivity index (χ3n) is 2.79. The van der Waals surface area contributed by atoms with E-state index in [1.165, 1.54) is 0 Å². The highest BCUT2D eigenvalue weighted by molar-refractivity contribution is 7.99. The summed E-state index contributed by atoms with van der Waals surface area (Å²) in [5.41, 5.74) is 0.752. The fourth-order valence-electron chi connectivity index (χ4n) is 1.82. The number of thioether (sulfide) groups is 1. The second-order valence-corrected chi connectivity index (χ2v) is 6.74.